The van der Waals surface area contributed by atoms with Crippen LogP contribution in [0.5, 0.6) is 11.6 Å². The van der Waals surface area contributed by atoms with Gasteiger partial charge in [0.05, 0.1) is 5.39 Å². The van der Waals surface area contributed by atoms with E-state index in [9.17, 15) is 0 Å². The zero-order valence-corrected chi connectivity index (χ0v) is 5.48. The first-order valence-electron chi connectivity index (χ1n) is 3.05. The number of benzene rings is 1. The SMILES string of the molecule is Oc1noc2c(O)cccc12. The van der Waals surface area contributed by atoms with Crippen LogP contribution >= 0.6 is 0 Å². The van der Waals surface area contributed by atoms with Crippen LogP contribution in [-0.2, 0) is 0 Å². The lowest BCUT2D eigenvalue weighted by Gasteiger charge is -1.88. The van der Waals surface area contributed by atoms with Crippen molar-refractivity contribution in [3.8, 4) is 11.6 Å². The number of hydrogen-bond acceptors (Lipinski definition) is 4. The number of nitrogens with zero attached hydrogens (tertiary/aromatic N) is 1. The molecule has 1 heterocycles. The number of fused-ring (bicyclic) bond motifs is 1. The molecular formula is C7H5NO3. The molecule has 1 aromatic carbocycles. The Labute approximate surface area is 61.7 Å². The van der Waals surface area contributed by atoms with E-state index in [1.54, 1.807) is 12.1 Å². The molecule has 0 amide bonds. The second kappa shape index (κ2) is 1.88. The minimum atomic E-state index is -0.198. The van der Waals surface area contributed by atoms with Gasteiger partial charge in [-0.2, -0.15) is 0 Å². The van der Waals surface area contributed by atoms with Gasteiger partial charge >= 0.3 is 0 Å². The lowest BCUT2D eigenvalue weighted by molar-refractivity contribution is 0.369. The van der Waals surface area contributed by atoms with Crippen molar-refractivity contribution in [3.05, 3.63) is 18.2 Å². The van der Waals surface area contributed by atoms with Crippen LogP contribution in [0.25, 0.3) is 11.0 Å². The van der Waals surface area contributed by atoms with Crippen molar-refractivity contribution in [2.45, 2.75) is 0 Å². The molecule has 0 saturated carbocycles. The number of phenolic OH excluding ortho intramolecular Hbond substituents is 1. The van der Waals surface area contributed by atoms with Gasteiger partial charge in [0, 0.05) is 0 Å². The molecule has 0 fully saturated rings. The second-order valence-corrected chi connectivity index (χ2v) is 2.16. The summed E-state index contributed by atoms with van der Waals surface area (Å²) in [4.78, 5) is 0. The second-order valence-electron chi connectivity index (χ2n) is 2.16. The molecule has 2 rings (SSSR count). The van der Waals surface area contributed by atoms with Gasteiger partial charge in [0.25, 0.3) is 5.88 Å². The van der Waals surface area contributed by atoms with Crippen LogP contribution < -0.4 is 0 Å². The van der Waals surface area contributed by atoms with Crippen LogP contribution in [-0.4, -0.2) is 15.4 Å². The van der Waals surface area contributed by atoms with Crippen molar-refractivity contribution in [3.63, 3.8) is 0 Å². The number of phenols is 1. The predicted molar refractivity (Wildman–Crippen MR) is 37.3 cm³/mol. The third-order valence-electron chi connectivity index (χ3n) is 1.46. The van der Waals surface area contributed by atoms with E-state index in [-0.39, 0.29) is 17.2 Å². The standard InChI is InChI=1S/C7H5NO3/c9-5-3-1-2-4-6(5)11-8-7(4)10/h1-3,9H,(H,8,10). The van der Waals surface area contributed by atoms with E-state index in [0.717, 1.165) is 0 Å². The van der Waals surface area contributed by atoms with E-state index in [2.05, 4.69) is 9.68 Å². The molecule has 56 valence electrons. The smallest absolute Gasteiger partial charge is 0.259 e. The van der Waals surface area contributed by atoms with Gasteiger partial charge in [0.2, 0.25) is 5.58 Å². The van der Waals surface area contributed by atoms with Crippen LogP contribution in [0.4, 0.5) is 0 Å². The lowest BCUT2D eigenvalue weighted by Crippen LogP contribution is -1.65. The largest absolute Gasteiger partial charge is 0.504 e. The third kappa shape index (κ3) is 0.724. The van der Waals surface area contributed by atoms with E-state index in [1.807, 2.05) is 0 Å². The van der Waals surface area contributed by atoms with Crippen molar-refractivity contribution in [2.24, 2.45) is 0 Å². The summed E-state index contributed by atoms with van der Waals surface area (Å²) in [5.41, 5.74) is 0.213. The molecule has 2 N–H and O–H groups in total. The van der Waals surface area contributed by atoms with Gasteiger partial charge in [-0.25, -0.2) is 0 Å². The maximum Gasteiger partial charge on any atom is 0.259 e. The quantitative estimate of drug-likeness (QED) is 0.594. The Morgan fingerprint density at radius 3 is 2.82 bits per heavy atom. The van der Waals surface area contributed by atoms with Crippen molar-refractivity contribution in [1.29, 1.82) is 0 Å². The molecule has 0 spiro atoms. The number of aromatic nitrogens is 1. The molecule has 0 bridgehead atoms. The summed E-state index contributed by atoms with van der Waals surface area (Å²) in [6.07, 6.45) is 0. The summed E-state index contributed by atoms with van der Waals surface area (Å²) in [5, 5.41) is 21.9. The summed E-state index contributed by atoms with van der Waals surface area (Å²) >= 11 is 0. The third-order valence-corrected chi connectivity index (χ3v) is 1.46. The summed E-state index contributed by atoms with van der Waals surface area (Å²) in [7, 11) is 0. The number of para-hydroxylation sites is 1. The Balaban J connectivity index is 2.94. The molecule has 4 nitrogen and oxygen atoms in total. The number of rotatable bonds is 0. The van der Waals surface area contributed by atoms with Crippen LogP contribution in [0, 0.1) is 0 Å². The zero-order valence-electron chi connectivity index (χ0n) is 5.48. The van der Waals surface area contributed by atoms with Crippen molar-refractivity contribution < 1.29 is 14.7 Å². The van der Waals surface area contributed by atoms with Crippen molar-refractivity contribution in [1.82, 2.24) is 5.16 Å². The normalized spacial score (nSPS) is 10.5. The fourth-order valence-electron chi connectivity index (χ4n) is 0.935. The molecule has 0 radical (unpaired) electrons. The fraction of sp³-hybridized carbons (Fsp3) is 0. The molecular weight excluding hydrogens is 146 g/mol. The summed E-state index contributed by atoms with van der Waals surface area (Å²) in [5.74, 6) is -0.216. The van der Waals surface area contributed by atoms with E-state index in [4.69, 9.17) is 10.2 Å². The monoisotopic (exact) mass is 151 g/mol. The fourth-order valence-corrected chi connectivity index (χ4v) is 0.935. The van der Waals surface area contributed by atoms with Crippen LogP contribution in [0.3, 0.4) is 0 Å². The molecule has 0 saturated heterocycles. The van der Waals surface area contributed by atoms with E-state index >= 15 is 0 Å². The first kappa shape index (κ1) is 6.03. The Kier molecular flexibility index (Phi) is 1.03. The molecule has 0 aliphatic heterocycles. The van der Waals surface area contributed by atoms with Crippen LogP contribution in [0.1, 0.15) is 0 Å². The highest BCUT2D eigenvalue weighted by Crippen LogP contribution is 2.29. The Morgan fingerprint density at radius 1 is 1.27 bits per heavy atom. The molecule has 0 aliphatic rings. The predicted octanol–water partition coefficient (Wildman–Crippen LogP) is 1.24. The van der Waals surface area contributed by atoms with Crippen LogP contribution in [0.15, 0.2) is 22.7 Å². The number of aromatic hydroxyl groups is 2. The van der Waals surface area contributed by atoms with Gasteiger partial charge < -0.3 is 14.7 Å². The lowest BCUT2D eigenvalue weighted by atomic mass is 10.2. The Morgan fingerprint density at radius 2 is 2.09 bits per heavy atom. The van der Waals surface area contributed by atoms with Crippen molar-refractivity contribution in [2.75, 3.05) is 0 Å². The van der Waals surface area contributed by atoms with Gasteiger partial charge in [-0.3, -0.25) is 0 Å². The molecule has 0 atom stereocenters. The topological polar surface area (TPSA) is 66.5 Å². The zero-order chi connectivity index (χ0) is 7.84. The molecule has 2 aromatic rings. The van der Waals surface area contributed by atoms with Gasteiger partial charge in [-0.15, -0.1) is 0 Å². The molecule has 4 heteroatoms. The van der Waals surface area contributed by atoms with E-state index in [0.29, 0.717) is 5.39 Å². The first-order chi connectivity index (χ1) is 5.29. The highest BCUT2D eigenvalue weighted by atomic mass is 16.5. The van der Waals surface area contributed by atoms with Gasteiger partial charge in [-0.1, -0.05) is 6.07 Å². The van der Waals surface area contributed by atoms with Crippen molar-refractivity contribution >= 4 is 11.0 Å². The van der Waals surface area contributed by atoms with E-state index < -0.39 is 0 Å². The number of hydrogen-bond donors (Lipinski definition) is 2. The van der Waals surface area contributed by atoms with Crippen LogP contribution in [0.2, 0.25) is 0 Å². The average molecular weight is 151 g/mol. The van der Waals surface area contributed by atoms with Gasteiger partial charge in [0.15, 0.2) is 5.75 Å². The minimum Gasteiger partial charge on any atom is -0.504 e. The van der Waals surface area contributed by atoms with E-state index in [1.165, 1.54) is 6.07 Å². The molecule has 0 aliphatic carbocycles. The highest BCUT2D eigenvalue weighted by molar-refractivity contribution is 5.86. The summed E-state index contributed by atoms with van der Waals surface area (Å²) in [6, 6.07) is 4.68. The molecule has 1 aromatic heterocycles. The molecule has 11 heavy (non-hydrogen) atoms. The molecule has 0 unspecified atom stereocenters. The highest BCUT2D eigenvalue weighted by Gasteiger charge is 2.08. The Bertz CT molecular complexity index is 393. The first-order valence-corrected chi connectivity index (χ1v) is 3.05. The minimum absolute atomic E-state index is 0.0182. The maximum atomic E-state index is 9.14. The maximum absolute atomic E-state index is 9.14. The van der Waals surface area contributed by atoms with Gasteiger partial charge in [-0.05, 0) is 17.3 Å². The van der Waals surface area contributed by atoms with Gasteiger partial charge in [0.1, 0.15) is 0 Å². The Hall–Kier alpha value is -1.71. The summed E-state index contributed by atoms with van der Waals surface area (Å²) in [6.45, 7) is 0. The average Bonchev–Trinajstić information content (AvgIpc) is 2.35. The summed E-state index contributed by atoms with van der Waals surface area (Å²) < 4.78 is 4.63.